The number of hydrogen-bond donors (Lipinski definition) is 1. The summed E-state index contributed by atoms with van der Waals surface area (Å²) in [4.78, 5) is 12.0. The number of benzene rings is 3. The first kappa shape index (κ1) is 22.8. The molecule has 6 nitrogen and oxygen atoms in total. The third kappa shape index (κ3) is 6.31. The van der Waals surface area contributed by atoms with Gasteiger partial charge in [0.2, 0.25) is 0 Å². The van der Waals surface area contributed by atoms with E-state index >= 15 is 0 Å². The van der Waals surface area contributed by atoms with Crippen LogP contribution in [-0.2, 0) is 11.4 Å². The van der Waals surface area contributed by atoms with Crippen LogP contribution >= 0.6 is 0 Å². The Morgan fingerprint density at radius 1 is 1.00 bits per heavy atom. The van der Waals surface area contributed by atoms with Crippen LogP contribution in [-0.4, -0.2) is 25.8 Å². The molecule has 0 radical (unpaired) electrons. The third-order valence-corrected chi connectivity index (χ3v) is 4.63. The summed E-state index contributed by atoms with van der Waals surface area (Å²) in [5, 5.41) is 3.96. The monoisotopic (exact) mass is 436 g/mol. The Morgan fingerprint density at radius 3 is 2.47 bits per heavy atom. The second-order valence-electron chi connectivity index (χ2n) is 7.13. The normalized spacial score (nSPS) is 10.8. The summed E-state index contributed by atoms with van der Waals surface area (Å²) < 4.78 is 30.0. The van der Waals surface area contributed by atoms with Crippen molar-refractivity contribution in [3.8, 4) is 17.2 Å². The third-order valence-electron chi connectivity index (χ3n) is 4.63. The van der Waals surface area contributed by atoms with Crippen molar-refractivity contribution in [2.45, 2.75) is 20.5 Å². The number of amides is 1. The highest BCUT2D eigenvalue weighted by molar-refractivity contribution is 5.83. The SMILES string of the molecule is COc1cc(C=NNC(=O)COc2c(C)cccc2C)ccc1OCc1cccc(F)c1. The Morgan fingerprint density at radius 2 is 1.75 bits per heavy atom. The van der Waals surface area contributed by atoms with Crippen LogP contribution < -0.4 is 19.6 Å². The number of hydrazone groups is 1. The molecule has 0 heterocycles. The second kappa shape index (κ2) is 10.9. The Balaban J connectivity index is 1.54. The maximum absolute atomic E-state index is 13.3. The van der Waals surface area contributed by atoms with E-state index in [0.29, 0.717) is 28.4 Å². The number of carbonyl (C=O) groups is 1. The Bertz CT molecular complexity index is 1090. The van der Waals surface area contributed by atoms with Crippen LogP contribution in [0.4, 0.5) is 4.39 Å². The van der Waals surface area contributed by atoms with Gasteiger partial charge < -0.3 is 14.2 Å². The van der Waals surface area contributed by atoms with Crippen molar-refractivity contribution in [2.24, 2.45) is 5.10 Å². The van der Waals surface area contributed by atoms with Crippen molar-refractivity contribution >= 4 is 12.1 Å². The van der Waals surface area contributed by atoms with E-state index in [0.717, 1.165) is 11.1 Å². The summed E-state index contributed by atoms with van der Waals surface area (Å²) in [5.41, 5.74) is 5.79. The van der Waals surface area contributed by atoms with Crippen molar-refractivity contribution in [3.05, 3.63) is 88.7 Å². The molecule has 1 N–H and O–H groups in total. The van der Waals surface area contributed by atoms with Gasteiger partial charge in [-0.1, -0.05) is 30.3 Å². The van der Waals surface area contributed by atoms with E-state index in [1.54, 1.807) is 30.3 Å². The minimum atomic E-state index is -0.370. The van der Waals surface area contributed by atoms with E-state index in [9.17, 15) is 9.18 Å². The fourth-order valence-electron chi connectivity index (χ4n) is 3.05. The highest BCUT2D eigenvalue weighted by Crippen LogP contribution is 2.28. The number of halogens is 1. The first-order valence-corrected chi connectivity index (χ1v) is 10.0. The zero-order valence-corrected chi connectivity index (χ0v) is 18.2. The van der Waals surface area contributed by atoms with Crippen LogP contribution in [0.5, 0.6) is 17.2 Å². The molecule has 3 aromatic carbocycles. The predicted octanol–water partition coefficient (Wildman–Crippen LogP) is 4.56. The molecular weight excluding hydrogens is 411 g/mol. The highest BCUT2D eigenvalue weighted by atomic mass is 19.1. The van der Waals surface area contributed by atoms with Crippen molar-refractivity contribution in [2.75, 3.05) is 13.7 Å². The number of aryl methyl sites for hydroxylation is 2. The number of para-hydroxylation sites is 1. The molecule has 0 aliphatic heterocycles. The molecule has 166 valence electrons. The summed E-state index contributed by atoms with van der Waals surface area (Å²) in [6.45, 7) is 3.92. The van der Waals surface area contributed by atoms with Crippen molar-refractivity contribution in [1.82, 2.24) is 5.43 Å². The van der Waals surface area contributed by atoms with Gasteiger partial charge in [-0.15, -0.1) is 0 Å². The molecule has 3 aromatic rings. The zero-order chi connectivity index (χ0) is 22.9. The Hall–Kier alpha value is -3.87. The van der Waals surface area contributed by atoms with Crippen molar-refractivity contribution < 1.29 is 23.4 Å². The van der Waals surface area contributed by atoms with Gasteiger partial charge in [0.25, 0.3) is 5.91 Å². The lowest BCUT2D eigenvalue weighted by atomic mass is 10.1. The minimum Gasteiger partial charge on any atom is -0.493 e. The number of rotatable bonds is 9. The summed E-state index contributed by atoms with van der Waals surface area (Å²) in [5.74, 6) is 1.03. The molecule has 0 aliphatic rings. The molecule has 0 atom stereocenters. The van der Waals surface area contributed by atoms with Gasteiger partial charge in [0.15, 0.2) is 18.1 Å². The lowest BCUT2D eigenvalue weighted by molar-refractivity contribution is -0.123. The Kier molecular flexibility index (Phi) is 7.80. The molecule has 7 heteroatoms. The highest BCUT2D eigenvalue weighted by Gasteiger charge is 2.08. The molecule has 0 saturated heterocycles. The number of nitrogens with one attached hydrogen (secondary N) is 1. The van der Waals surface area contributed by atoms with E-state index in [1.165, 1.54) is 25.5 Å². The molecule has 0 aliphatic carbocycles. The largest absolute Gasteiger partial charge is 0.493 e. The van der Waals surface area contributed by atoms with Crippen LogP contribution in [0, 0.1) is 19.7 Å². The molecule has 0 saturated carbocycles. The topological polar surface area (TPSA) is 69.2 Å². The van der Waals surface area contributed by atoms with E-state index in [-0.39, 0.29) is 24.9 Å². The zero-order valence-electron chi connectivity index (χ0n) is 18.2. The van der Waals surface area contributed by atoms with Gasteiger partial charge in [-0.05, 0) is 66.4 Å². The van der Waals surface area contributed by atoms with E-state index in [4.69, 9.17) is 14.2 Å². The van der Waals surface area contributed by atoms with Crippen LogP contribution in [0.15, 0.2) is 65.8 Å². The quantitative estimate of drug-likeness (QED) is 0.394. The molecule has 32 heavy (non-hydrogen) atoms. The number of carbonyl (C=O) groups excluding carboxylic acids is 1. The smallest absolute Gasteiger partial charge is 0.277 e. The van der Waals surface area contributed by atoms with Crippen LogP contribution in [0.3, 0.4) is 0 Å². The van der Waals surface area contributed by atoms with Crippen LogP contribution in [0.2, 0.25) is 0 Å². The average Bonchev–Trinajstić information content (AvgIpc) is 2.78. The molecule has 0 spiro atoms. The summed E-state index contributed by atoms with van der Waals surface area (Å²) in [6.07, 6.45) is 1.50. The van der Waals surface area contributed by atoms with E-state index in [1.807, 2.05) is 32.0 Å². The fourth-order valence-corrected chi connectivity index (χ4v) is 3.05. The van der Waals surface area contributed by atoms with Crippen molar-refractivity contribution in [3.63, 3.8) is 0 Å². The number of hydrogen-bond acceptors (Lipinski definition) is 5. The molecule has 3 rings (SSSR count). The van der Waals surface area contributed by atoms with Gasteiger partial charge in [0.1, 0.15) is 18.2 Å². The standard InChI is InChI=1S/C25H25FN2O4/c1-17-6-4-7-18(2)25(17)32-16-24(29)28-27-14-19-10-11-22(23(13-19)30-3)31-15-20-8-5-9-21(26)12-20/h4-14H,15-16H2,1-3H3,(H,28,29). The maximum atomic E-state index is 13.3. The summed E-state index contributed by atoms with van der Waals surface area (Å²) >= 11 is 0. The second-order valence-corrected chi connectivity index (χ2v) is 7.13. The van der Waals surface area contributed by atoms with Gasteiger partial charge in [0, 0.05) is 0 Å². The predicted molar refractivity (Wildman–Crippen MR) is 121 cm³/mol. The van der Waals surface area contributed by atoms with Gasteiger partial charge in [-0.2, -0.15) is 5.10 Å². The summed E-state index contributed by atoms with van der Waals surface area (Å²) in [7, 11) is 1.53. The first-order chi connectivity index (χ1) is 15.5. The maximum Gasteiger partial charge on any atom is 0.277 e. The molecule has 0 aromatic heterocycles. The van der Waals surface area contributed by atoms with Crippen LogP contribution in [0.1, 0.15) is 22.3 Å². The van der Waals surface area contributed by atoms with E-state index < -0.39 is 0 Å². The number of methoxy groups -OCH3 is 1. The average molecular weight is 436 g/mol. The van der Waals surface area contributed by atoms with Gasteiger partial charge in [0.05, 0.1) is 13.3 Å². The van der Waals surface area contributed by atoms with Crippen molar-refractivity contribution in [1.29, 1.82) is 0 Å². The molecule has 1 amide bonds. The molecule has 0 unspecified atom stereocenters. The lowest BCUT2D eigenvalue weighted by Crippen LogP contribution is -2.25. The van der Waals surface area contributed by atoms with Gasteiger partial charge >= 0.3 is 0 Å². The van der Waals surface area contributed by atoms with Gasteiger partial charge in [-0.3, -0.25) is 4.79 Å². The van der Waals surface area contributed by atoms with E-state index in [2.05, 4.69) is 10.5 Å². The minimum absolute atomic E-state index is 0.140. The molecular formula is C25H25FN2O4. The Labute approximate surface area is 186 Å². The lowest BCUT2D eigenvalue weighted by Gasteiger charge is -2.11. The van der Waals surface area contributed by atoms with Crippen LogP contribution in [0.25, 0.3) is 0 Å². The van der Waals surface area contributed by atoms with Gasteiger partial charge in [-0.25, -0.2) is 9.82 Å². The number of ether oxygens (including phenoxy) is 3. The first-order valence-electron chi connectivity index (χ1n) is 10.0. The molecule has 0 fully saturated rings. The summed E-state index contributed by atoms with van der Waals surface area (Å²) in [6, 6.07) is 17.2. The molecule has 0 bridgehead atoms. The fraction of sp³-hybridized carbons (Fsp3) is 0.200. The number of nitrogens with zero attached hydrogens (tertiary/aromatic N) is 1.